The Hall–Kier alpha value is -1.42. The first-order chi connectivity index (χ1) is 9.56. The number of hydrogen-bond acceptors (Lipinski definition) is 3. The topological polar surface area (TPSA) is 61.2 Å². The van der Waals surface area contributed by atoms with E-state index in [0.29, 0.717) is 13.0 Å². The highest BCUT2D eigenvalue weighted by Gasteiger charge is 2.37. The fraction of sp³-hybridized carbons (Fsp3) is 0.400. The summed E-state index contributed by atoms with van der Waals surface area (Å²) in [5.41, 5.74) is 0.847. The van der Waals surface area contributed by atoms with Gasteiger partial charge >= 0.3 is 0 Å². The van der Waals surface area contributed by atoms with Crippen LogP contribution in [-0.4, -0.2) is 18.2 Å². The number of anilines is 1. The van der Waals surface area contributed by atoms with Crippen molar-refractivity contribution in [3.05, 3.63) is 27.8 Å². The highest BCUT2D eigenvalue weighted by molar-refractivity contribution is 14.1. The predicted octanol–water partition coefficient (Wildman–Crippen LogP) is 2.76. The van der Waals surface area contributed by atoms with Crippen molar-refractivity contribution in [1.82, 2.24) is 0 Å². The second kappa shape index (κ2) is 6.35. The Morgan fingerprint density at radius 1 is 1.50 bits per heavy atom. The summed E-state index contributed by atoms with van der Waals surface area (Å²) < 4.78 is 0.986. The van der Waals surface area contributed by atoms with Gasteiger partial charge in [-0.3, -0.25) is 9.59 Å². The Kier molecular flexibility index (Phi) is 4.76. The molecule has 1 saturated heterocycles. The summed E-state index contributed by atoms with van der Waals surface area (Å²) in [6, 6.07) is 9.55. The van der Waals surface area contributed by atoms with Gasteiger partial charge in [-0.05, 0) is 54.5 Å². The number of rotatable bonds is 3. The van der Waals surface area contributed by atoms with Gasteiger partial charge in [0.25, 0.3) is 0 Å². The van der Waals surface area contributed by atoms with Crippen molar-refractivity contribution >= 4 is 40.0 Å². The number of nitrogens with zero attached hydrogens (tertiary/aromatic N) is 2. The minimum Gasteiger partial charge on any atom is -0.311 e. The van der Waals surface area contributed by atoms with Gasteiger partial charge in [0.15, 0.2) is 5.78 Å². The van der Waals surface area contributed by atoms with Crippen molar-refractivity contribution in [2.75, 3.05) is 11.4 Å². The minimum atomic E-state index is -0.723. The second-order valence-electron chi connectivity index (χ2n) is 4.89. The van der Waals surface area contributed by atoms with Crippen LogP contribution in [-0.2, 0) is 9.59 Å². The van der Waals surface area contributed by atoms with Crippen LogP contribution in [0, 0.1) is 26.7 Å². The molecule has 2 rings (SSSR count). The van der Waals surface area contributed by atoms with Crippen LogP contribution in [0.4, 0.5) is 5.69 Å². The number of carbonyl (C=O) groups is 2. The van der Waals surface area contributed by atoms with Gasteiger partial charge in [0.2, 0.25) is 5.91 Å². The smallest absolute Gasteiger partial charge is 0.237 e. The molecule has 0 aromatic heterocycles. The van der Waals surface area contributed by atoms with Crippen LogP contribution < -0.4 is 4.90 Å². The van der Waals surface area contributed by atoms with Gasteiger partial charge in [-0.25, -0.2) is 0 Å². The summed E-state index contributed by atoms with van der Waals surface area (Å²) in [4.78, 5) is 26.3. The molecule has 0 saturated carbocycles. The number of ketones is 1. The third-order valence-electron chi connectivity index (χ3n) is 3.55. The largest absolute Gasteiger partial charge is 0.311 e. The molecular formula is C15H15IN2O2. The summed E-state index contributed by atoms with van der Waals surface area (Å²) >= 11 is 2.19. The monoisotopic (exact) mass is 382 g/mol. The van der Waals surface area contributed by atoms with Gasteiger partial charge in [-0.15, -0.1) is 0 Å². The minimum absolute atomic E-state index is 0.174. The fourth-order valence-electron chi connectivity index (χ4n) is 2.41. The van der Waals surface area contributed by atoms with Gasteiger partial charge < -0.3 is 4.90 Å². The highest BCUT2D eigenvalue weighted by atomic mass is 127. The fourth-order valence-corrected chi connectivity index (χ4v) is 3.09. The Balaban J connectivity index is 2.26. The molecule has 0 N–H and O–H groups in total. The molecule has 1 heterocycles. The van der Waals surface area contributed by atoms with Gasteiger partial charge in [0.05, 0.1) is 17.7 Å². The van der Waals surface area contributed by atoms with Crippen molar-refractivity contribution in [2.45, 2.75) is 19.8 Å². The molecule has 0 bridgehead atoms. The van der Waals surface area contributed by atoms with Crippen LogP contribution in [0.2, 0.25) is 0 Å². The molecule has 2 unspecified atom stereocenters. The number of halogens is 1. The summed E-state index contributed by atoms with van der Waals surface area (Å²) in [7, 11) is 0. The molecule has 1 amide bonds. The van der Waals surface area contributed by atoms with Crippen LogP contribution in [0.5, 0.6) is 0 Å². The van der Waals surface area contributed by atoms with E-state index in [2.05, 4.69) is 22.6 Å². The van der Waals surface area contributed by atoms with Gasteiger partial charge in [-0.2, -0.15) is 5.26 Å². The molecule has 0 aliphatic carbocycles. The van der Waals surface area contributed by atoms with E-state index in [9.17, 15) is 9.59 Å². The number of carbonyl (C=O) groups excluding carboxylic acids is 2. The zero-order valence-corrected chi connectivity index (χ0v) is 13.3. The molecule has 0 radical (unpaired) electrons. The van der Waals surface area contributed by atoms with Crippen LogP contribution in [0.1, 0.15) is 19.8 Å². The number of piperidine rings is 1. The predicted molar refractivity (Wildman–Crippen MR) is 84.0 cm³/mol. The lowest BCUT2D eigenvalue weighted by molar-refractivity contribution is -0.135. The zero-order valence-electron chi connectivity index (χ0n) is 11.2. The summed E-state index contributed by atoms with van der Waals surface area (Å²) in [5.74, 6) is -1.83. The molecule has 104 valence electrons. The first kappa shape index (κ1) is 15.0. The van der Waals surface area contributed by atoms with Crippen molar-refractivity contribution in [1.29, 1.82) is 5.26 Å². The third kappa shape index (κ3) is 2.85. The molecule has 1 aliphatic rings. The molecule has 0 spiro atoms. The molecule has 4 nitrogen and oxygen atoms in total. The first-order valence-corrected chi connectivity index (χ1v) is 7.63. The van der Waals surface area contributed by atoms with E-state index < -0.39 is 11.8 Å². The highest BCUT2D eigenvalue weighted by Crippen LogP contribution is 2.29. The van der Waals surface area contributed by atoms with E-state index in [1.807, 2.05) is 30.3 Å². The van der Waals surface area contributed by atoms with Crippen molar-refractivity contribution in [3.63, 3.8) is 0 Å². The normalized spacial score (nSPS) is 20.4. The molecule has 1 fully saturated rings. The first-order valence-electron chi connectivity index (χ1n) is 6.55. The lowest BCUT2D eigenvalue weighted by Crippen LogP contribution is -2.45. The average molecular weight is 382 g/mol. The van der Waals surface area contributed by atoms with Gasteiger partial charge in [-0.1, -0.05) is 12.1 Å². The van der Waals surface area contributed by atoms with E-state index >= 15 is 0 Å². The number of amides is 1. The molecular weight excluding hydrogens is 367 g/mol. The van der Waals surface area contributed by atoms with Crippen molar-refractivity contribution < 1.29 is 9.59 Å². The SMILES string of the molecule is CC(C#N)C(=O)C1CCCN(c2ccccc2I)C1=O. The number of Topliss-reactive ketones (excluding diaryl/α,β-unsaturated/α-hetero) is 1. The van der Waals surface area contributed by atoms with E-state index in [-0.39, 0.29) is 11.7 Å². The number of para-hydroxylation sites is 1. The average Bonchev–Trinajstić information content (AvgIpc) is 2.47. The molecule has 2 atom stereocenters. The Morgan fingerprint density at radius 3 is 2.85 bits per heavy atom. The molecule has 5 heteroatoms. The van der Waals surface area contributed by atoms with Crippen molar-refractivity contribution in [3.8, 4) is 6.07 Å². The van der Waals surface area contributed by atoms with Crippen LogP contribution in [0.3, 0.4) is 0 Å². The zero-order chi connectivity index (χ0) is 14.7. The van der Waals surface area contributed by atoms with E-state index in [0.717, 1.165) is 15.7 Å². The van der Waals surface area contributed by atoms with E-state index in [4.69, 9.17) is 5.26 Å². The molecule has 1 aliphatic heterocycles. The summed E-state index contributed by atoms with van der Waals surface area (Å²) in [5, 5.41) is 8.85. The van der Waals surface area contributed by atoms with Crippen LogP contribution in [0.25, 0.3) is 0 Å². The number of benzene rings is 1. The maximum atomic E-state index is 12.5. The van der Waals surface area contributed by atoms with Gasteiger partial charge in [0.1, 0.15) is 5.92 Å². The summed E-state index contributed by atoms with van der Waals surface area (Å²) in [6.45, 7) is 2.18. The summed E-state index contributed by atoms with van der Waals surface area (Å²) in [6.07, 6.45) is 1.33. The van der Waals surface area contributed by atoms with Crippen molar-refractivity contribution in [2.24, 2.45) is 11.8 Å². The lowest BCUT2D eigenvalue weighted by atomic mass is 9.87. The molecule has 1 aromatic carbocycles. The Bertz CT molecular complexity index is 579. The second-order valence-corrected chi connectivity index (χ2v) is 6.05. The number of hydrogen-bond donors (Lipinski definition) is 0. The van der Waals surface area contributed by atoms with Crippen LogP contribution in [0.15, 0.2) is 24.3 Å². The Morgan fingerprint density at radius 2 is 2.20 bits per heavy atom. The number of nitriles is 1. The van der Waals surface area contributed by atoms with E-state index in [1.54, 1.807) is 11.8 Å². The standard InChI is InChI=1S/C15H15IN2O2/c1-10(9-17)14(19)11-5-4-8-18(15(11)20)13-7-3-2-6-12(13)16/h2-3,6-7,10-11H,4-5,8H2,1H3. The van der Waals surface area contributed by atoms with Gasteiger partial charge in [0, 0.05) is 10.1 Å². The quantitative estimate of drug-likeness (QED) is 0.597. The van der Waals surface area contributed by atoms with E-state index in [1.165, 1.54) is 0 Å². The molecule has 20 heavy (non-hydrogen) atoms. The molecule has 1 aromatic rings. The maximum Gasteiger partial charge on any atom is 0.237 e. The lowest BCUT2D eigenvalue weighted by Gasteiger charge is -2.32. The maximum absolute atomic E-state index is 12.5. The third-order valence-corrected chi connectivity index (χ3v) is 4.46. The van der Waals surface area contributed by atoms with Crippen LogP contribution >= 0.6 is 22.6 Å². The Labute approximate surface area is 131 Å².